The zero-order valence-electron chi connectivity index (χ0n) is 9.39. The summed E-state index contributed by atoms with van der Waals surface area (Å²) < 4.78 is 7.25. The SMILES string of the molecule is CCCn1ncnc1CC(=O)c1ccoc1Br. The van der Waals surface area contributed by atoms with Gasteiger partial charge in [0.05, 0.1) is 18.2 Å². The Morgan fingerprint density at radius 2 is 2.41 bits per heavy atom. The average molecular weight is 298 g/mol. The summed E-state index contributed by atoms with van der Waals surface area (Å²) >= 11 is 3.19. The fourth-order valence-electron chi connectivity index (χ4n) is 1.56. The van der Waals surface area contributed by atoms with E-state index >= 15 is 0 Å². The largest absolute Gasteiger partial charge is 0.457 e. The zero-order valence-corrected chi connectivity index (χ0v) is 11.0. The summed E-state index contributed by atoms with van der Waals surface area (Å²) in [6.07, 6.45) is 4.15. The first-order valence-electron chi connectivity index (χ1n) is 5.35. The van der Waals surface area contributed by atoms with Crippen LogP contribution in [0.4, 0.5) is 0 Å². The van der Waals surface area contributed by atoms with Crippen LogP contribution < -0.4 is 0 Å². The van der Waals surface area contributed by atoms with Crippen LogP contribution in [0.15, 0.2) is 27.7 Å². The van der Waals surface area contributed by atoms with Crippen LogP contribution in [0.1, 0.15) is 29.5 Å². The van der Waals surface area contributed by atoms with Gasteiger partial charge in [-0.15, -0.1) is 0 Å². The lowest BCUT2D eigenvalue weighted by atomic mass is 10.1. The van der Waals surface area contributed by atoms with Gasteiger partial charge in [-0.2, -0.15) is 5.10 Å². The number of furan rings is 1. The summed E-state index contributed by atoms with van der Waals surface area (Å²) in [5.41, 5.74) is 0.538. The van der Waals surface area contributed by atoms with Crippen LogP contribution in [-0.2, 0) is 13.0 Å². The number of carbonyl (C=O) groups excluding carboxylic acids is 1. The van der Waals surface area contributed by atoms with Crippen molar-refractivity contribution in [3.63, 3.8) is 0 Å². The summed E-state index contributed by atoms with van der Waals surface area (Å²) in [6.45, 7) is 2.83. The number of hydrogen-bond donors (Lipinski definition) is 0. The van der Waals surface area contributed by atoms with Gasteiger partial charge in [-0.1, -0.05) is 6.92 Å². The zero-order chi connectivity index (χ0) is 12.3. The first-order chi connectivity index (χ1) is 8.22. The number of carbonyl (C=O) groups is 1. The Morgan fingerprint density at radius 1 is 1.59 bits per heavy atom. The molecule has 0 aliphatic heterocycles. The van der Waals surface area contributed by atoms with E-state index in [1.54, 1.807) is 10.7 Å². The maximum atomic E-state index is 12.0. The van der Waals surface area contributed by atoms with E-state index in [0.717, 1.165) is 13.0 Å². The lowest BCUT2D eigenvalue weighted by Crippen LogP contribution is -2.11. The van der Waals surface area contributed by atoms with Gasteiger partial charge in [0, 0.05) is 6.54 Å². The third-order valence-corrected chi connectivity index (χ3v) is 2.98. The molecule has 0 fully saturated rings. The maximum absolute atomic E-state index is 12.0. The highest BCUT2D eigenvalue weighted by atomic mass is 79.9. The van der Waals surface area contributed by atoms with Crippen LogP contribution in [0.3, 0.4) is 0 Å². The lowest BCUT2D eigenvalue weighted by molar-refractivity contribution is 0.0987. The van der Waals surface area contributed by atoms with Crippen molar-refractivity contribution in [3.8, 4) is 0 Å². The minimum Gasteiger partial charge on any atom is -0.457 e. The molecule has 90 valence electrons. The van der Waals surface area contributed by atoms with E-state index in [0.29, 0.717) is 16.1 Å². The quantitative estimate of drug-likeness (QED) is 0.796. The summed E-state index contributed by atoms with van der Waals surface area (Å²) in [5.74, 6) is 0.654. The maximum Gasteiger partial charge on any atom is 0.179 e. The molecule has 2 aromatic heterocycles. The van der Waals surface area contributed by atoms with Crippen molar-refractivity contribution < 1.29 is 9.21 Å². The van der Waals surface area contributed by atoms with Gasteiger partial charge in [0.25, 0.3) is 0 Å². The monoisotopic (exact) mass is 297 g/mol. The molecule has 0 atom stereocenters. The second-order valence-corrected chi connectivity index (χ2v) is 4.33. The molecule has 17 heavy (non-hydrogen) atoms. The molecule has 5 nitrogen and oxygen atoms in total. The number of nitrogens with zero attached hydrogens (tertiary/aromatic N) is 3. The van der Waals surface area contributed by atoms with E-state index < -0.39 is 0 Å². The van der Waals surface area contributed by atoms with E-state index in [9.17, 15) is 4.79 Å². The number of aryl methyl sites for hydroxylation is 1. The molecule has 0 saturated carbocycles. The summed E-state index contributed by atoms with van der Waals surface area (Å²) in [6, 6.07) is 1.65. The van der Waals surface area contributed by atoms with Crippen LogP contribution >= 0.6 is 15.9 Å². The van der Waals surface area contributed by atoms with Gasteiger partial charge >= 0.3 is 0 Å². The van der Waals surface area contributed by atoms with Crippen molar-refractivity contribution in [2.45, 2.75) is 26.3 Å². The normalized spacial score (nSPS) is 10.7. The fourth-order valence-corrected chi connectivity index (χ4v) is 2.02. The standard InChI is InChI=1S/C11H12BrN3O2/c1-2-4-15-10(13-7-14-15)6-9(16)8-3-5-17-11(8)12/h3,5,7H,2,4,6H2,1H3. The molecule has 0 amide bonds. The molecule has 0 saturated heterocycles. The molecular formula is C11H12BrN3O2. The van der Waals surface area contributed by atoms with Crippen molar-refractivity contribution in [2.75, 3.05) is 0 Å². The van der Waals surface area contributed by atoms with Crippen molar-refractivity contribution in [3.05, 3.63) is 34.7 Å². The van der Waals surface area contributed by atoms with E-state index in [4.69, 9.17) is 4.42 Å². The van der Waals surface area contributed by atoms with E-state index in [1.807, 2.05) is 0 Å². The van der Waals surface area contributed by atoms with Gasteiger partial charge in [0.2, 0.25) is 0 Å². The Kier molecular flexibility index (Phi) is 3.73. The highest BCUT2D eigenvalue weighted by Crippen LogP contribution is 2.19. The van der Waals surface area contributed by atoms with E-state index in [1.165, 1.54) is 12.6 Å². The van der Waals surface area contributed by atoms with Crippen molar-refractivity contribution in [1.29, 1.82) is 0 Å². The van der Waals surface area contributed by atoms with Crippen molar-refractivity contribution >= 4 is 21.7 Å². The Balaban J connectivity index is 2.13. The Hall–Kier alpha value is -1.43. The molecule has 2 rings (SSSR count). The number of halogens is 1. The molecule has 0 bridgehead atoms. The summed E-state index contributed by atoms with van der Waals surface area (Å²) in [7, 11) is 0. The van der Waals surface area contributed by atoms with Gasteiger partial charge in [0.15, 0.2) is 10.5 Å². The fraction of sp³-hybridized carbons (Fsp3) is 0.364. The Morgan fingerprint density at radius 3 is 3.06 bits per heavy atom. The van der Waals surface area contributed by atoms with Crippen LogP contribution in [0, 0.1) is 0 Å². The van der Waals surface area contributed by atoms with Crippen molar-refractivity contribution in [1.82, 2.24) is 14.8 Å². The highest BCUT2D eigenvalue weighted by molar-refractivity contribution is 9.10. The van der Waals surface area contributed by atoms with Gasteiger partial charge in [-0.25, -0.2) is 9.67 Å². The lowest BCUT2D eigenvalue weighted by Gasteiger charge is -2.02. The van der Waals surface area contributed by atoms with Crippen LogP contribution in [0.2, 0.25) is 0 Å². The minimum absolute atomic E-state index is 0.0315. The predicted octanol–water partition coefficient (Wildman–Crippen LogP) is 2.47. The molecule has 0 spiro atoms. The van der Waals surface area contributed by atoms with Gasteiger partial charge in [0.1, 0.15) is 12.2 Å². The molecule has 0 unspecified atom stereocenters. The molecular weight excluding hydrogens is 286 g/mol. The first-order valence-corrected chi connectivity index (χ1v) is 6.14. The smallest absolute Gasteiger partial charge is 0.179 e. The van der Waals surface area contributed by atoms with Gasteiger partial charge in [-0.3, -0.25) is 4.79 Å². The number of aromatic nitrogens is 3. The summed E-state index contributed by atoms with van der Waals surface area (Å²) in [4.78, 5) is 16.1. The molecule has 2 aromatic rings. The number of ketones is 1. The topological polar surface area (TPSA) is 60.9 Å². The van der Waals surface area contributed by atoms with Crippen LogP contribution in [0.25, 0.3) is 0 Å². The number of Topliss-reactive ketones (excluding diaryl/α,β-unsaturated/α-hetero) is 1. The van der Waals surface area contributed by atoms with Gasteiger partial charge in [-0.05, 0) is 28.4 Å². The predicted molar refractivity (Wildman–Crippen MR) is 64.8 cm³/mol. The third-order valence-electron chi connectivity index (χ3n) is 2.37. The highest BCUT2D eigenvalue weighted by Gasteiger charge is 2.16. The van der Waals surface area contributed by atoms with Crippen molar-refractivity contribution in [2.24, 2.45) is 0 Å². The van der Waals surface area contributed by atoms with E-state index in [-0.39, 0.29) is 12.2 Å². The van der Waals surface area contributed by atoms with E-state index in [2.05, 4.69) is 32.9 Å². The molecule has 0 aliphatic carbocycles. The number of rotatable bonds is 5. The molecule has 2 heterocycles. The van der Waals surface area contributed by atoms with Crippen LogP contribution in [0.5, 0.6) is 0 Å². The van der Waals surface area contributed by atoms with Crippen LogP contribution in [-0.4, -0.2) is 20.5 Å². The minimum atomic E-state index is -0.0315. The second kappa shape index (κ2) is 5.27. The first kappa shape index (κ1) is 12.0. The average Bonchev–Trinajstić information content (AvgIpc) is 2.89. The molecule has 6 heteroatoms. The third kappa shape index (κ3) is 2.63. The molecule has 0 aliphatic rings. The summed E-state index contributed by atoms with van der Waals surface area (Å²) in [5, 5.41) is 4.08. The van der Waals surface area contributed by atoms with Gasteiger partial charge < -0.3 is 4.42 Å². The molecule has 0 aromatic carbocycles. The number of hydrogen-bond acceptors (Lipinski definition) is 4. The Bertz CT molecular complexity index is 518. The molecule has 0 radical (unpaired) electrons. The molecule has 0 N–H and O–H groups in total. The Labute approximate surface area is 107 Å². The second-order valence-electron chi connectivity index (χ2n) is 3.61.